The molecule has 0 saturated carbocycles. The quantitative estimate of drug-likeness (QED) is 0.674. The number of piperidine rings is 1. The van der Waals surface area contributed by atoms with Gasteiger partial charge in [-0.3, -0.25) is 4.90 Å². The number of amides is 1. The van der Waals surface area contributed by atoms with Gasteiger partial charge in [-0.15, -0.1) is 0 Å². The number of nitrogens with zero attached hydrogens (tertiary/aromatic N) is 2. The Morgan fingerprint density at radius 3 is 2.29 bits per heavy atom. The highest BCUT2D eigenvalue weighted by molar-refractivity contribution is 5.72. The Labute approximate surface area is 179 Å². The zero-order valence-electron chi connectivity index (χ0n) is 17.3. The smallest absolute Gasteiger partial charge is 0.411 e. The summed E-state index contributed by atoms with van der Waals surface area (Å²) in [5, 5.41) is 0. The normalized spacial score (nSPS) is 21.0. The van der Waals surface area contributed by atoms with Crippen molar-refractivity contribution in [3.8, 4) is 5.75 Å². The van der Waals surface area contributed by atoms with Crippen molar-refractivity contribution in [1.82, 2.24) is 9.80 Å². The summed E-state index contributed by atoms with van der Waals surface area (Å²) in [6, 6.07) is 12.3. The molecule has 1 atom stereocenters. The van der Waals surface area contributed by atoms with Crippen LogP contribution in [0, 0.1) is 5.82 Å². The predicted octanol–water partition coefficient (Wildman–Crippen LogP) is 4.46. The summed E-state index contributed by atoms with van der Waals surface area (Å²) in [5.41, 5.74) is 1.11. The van der Waals surface area contributed by atoms with E-state index in [1.807, 2.05) is 7.05 Å². The van der Waals surface area contributed by atoms with Crippen molar-refractivity contribution in [2.24, 2.45) is 0 Å². The number of hydrogen-bond donors (Lipinski definition) is 0. The highest BCUT2D eigenvalue weighted by Gasteiger charge is 2.54. The van der Waals surface area contributed by atoms with Gasteiger partial charge in [0.1, 0.15) is 17.2 Å². The van der Waals surface area contributed by atoms with E-state index in [0.29, 0.717) is 6.42 Å². The lowest BCUT2D eigenvalue weighted by atomic mass is 9.81. The van der Waals surface area contributed by atoms with Crippen molar-refractivity contribution in [2.45, 2.75) is 44.1 Å². The first-order valence-electron chi connectivity index (χ1n) is 10.3. The van der Waals surface area contributed by atoms with Gasteiger partial charge in [-0.1, -0.05) is 24.3 Å². The van der Waals surface area contributed by atoms with Gasteiger partial charge in [-0.25, -0.2) is 9.18 Å². The molecule has 2 aromatic carbocycles. The summed E-state index contributed by atoms with van der Waals surface area (Å²) in [5.74, 6) is -0.239. The van der Waals surface area contributed by atoms with Crippen LogP contribution < -0.4 is 4.74 Å². The molecular formula is C23H25F3N2O3. The van der Waals surface area contributed by atoms with Crippen LogP contribution in [0.2, 0.25) is 0 Å². The SMILES string of the molecule is CN1CCC2(CC1)OC(=O)N(Cc1ccc(OC(F)F)cc1)C2Cc1ccc(F)cc1. The topological polar surface area (TPSA) is 42.0 Å². The molecule has 2 aromatic rings. The van der Waals surface area contributed by atoms with E-state index in [1.54, 1.807) is 29.2 Å². The summed E-state index contributed by atoms with van der Waals surface area (Å²) >= 11 is 0. The van der Waals surface area contributed by atoms with Crippen molar-refractivity contribution in [3.63, 3.8) is 0 Å². The molecule has 2 aliphatic rings. The van der Waals surface area contributed by atoms with Gasteiger partial charge < -0.3 is 14.4 Å². The number of likely N-dealkylation sites (tertiary alicyclic amines) is 1. The summed E-state index contributed by atoms with van der Waals surface area (Å²) in [6.45, 7) is -0.956. The predicted molar refractivity (Wildman–Crippen MR) is 108 cm³/mol. The lowest BCUT2D eigenvalue weighted by Crippen LogP contribution is -2.52. The molecule has 31 heavy (non-hydrogen) atoms. The Hall–Kier alpha value is -2.74. The maximum absolute atomic E-state index is 13.4. The second-order valence-electron chi connectivity index (χ2n) is 8.23. The molecular weight excluding hydrogens is 409 g/mol. The van der Waals surface area contributed by atoms with Crippen LogP contribution in [0.1, 0.15) is 24.0 Å². The lowest BCUT2D eigenvalue weighted by Gasteiger charge is -2.40. The molecule has 2 saturated heterocycles. The maximum Gasteiger partial charge on any atom is 0.411 e. The molecule has 8 heteroatoms. The van der Waals surface area contributed by atoms with Gasteiger partial charge in [-0.05, 0) is 48.9 Å². The average Bonchev–Trinajstić information content (AvgIpc) is 2.98. The maximum atomic E-state index is 13.4. The first-order chi connectivity index (χ1) is 14.8. The number of rotatable bonds is 6. The second-order valence-corrected chi connectivity index (χ2v) is 8.23. The second kappa shape index (κ2) is 8.78. The molecule has 4 rings (SSSR count). The van der Waals surface area contributed by atoms with Crippen LogP contribution in [-0.4, -0.2) is 54.3 Å². The van der Waals surface area contributed by atoms with E-state index in [2.05, 4.69) is 9.64 Å². The molecule has 0 aliphatic carbocycles. The van der Waals surface area contributed by atoms with Crippen molar-refractivity contribution >= 4 is 6.09 Å². The highest BCUT2D eigenvalue weighted by atomic mass is 19.3. The average molecular weight is 434 g/mol. The number of carbonyl (C=O) groups excluding carboxylic acids is 1. The van der Waals surface area contributed by atoms with Crippen LogP contribution in [0.5, 0.6) is 5.75 Å². The fraction of sp³-hybridized carbons (Fsp3) is 0.435. The van der Waals surface area contributed by atoms with E-state index in [4.69, 9.17) is 4.74 Å². The number of benzene rings is 2. The number of ether oxygens (including phenoxy) is 2. The number of hydrogen-bond acceptors (Lipinski definition) is 4. The molecule has 2 aliphatic heterocycles. The van der Waals surface area contributed by atoms with Gasteiger partial charge in [0.05, 0.1) is 6.04 Å². The molecule has 2 heterocycles. The number of carbonyl (C=O) groups is 1. The third kappa shape index (κ3) is 4.79. The fourth-order valence-electron chi connectivity index (χ4n) is 4.43. The van der Waals surface area contributed by atoms with Crippen LogP contribution >= 0.6 is 0 Å². The number of halogens is 3. The van der Waals surface area contributed by atoms with Gasteiger partial charge in [-0.2, -0.15) is 8.78 Å². The Balaban J connectivity index is 1.57. The van der Waals surface area contributed by atoms with E-state index in [0.717, 1.165) is 37.1 Å². The monoisotopic (exact) mass is 434 g/mol. The van der Waals surface area contributed by atoms with Crippen LogP contribution in [0.25, 0.3) is 0 Å². The Kier molecular flexibility index (Phi) is 6.09. The van der Waals surface area contributed by atoms with Crippen LogP contribution in [0.3, 0.4) is 0 Å². The van der Waals surface area contributed by atoms with Crippen molar-refractivity contribution in [3.05, 3.63) is 65.5 Å². The molecule has 1 unspecified atom stereocenters. The molecule has 2 fully saturated rings. The number of alkyl halides is 2. The Bertz CT molecular complexity index is 897. The Morgan fingerprint density at radius 2 is 1.68 bits per heavy atom. The standard InChI is InChI=1S/C23H25F3N2O3/c1-27-12-10-23(11-13-27)20(14-16-2-6-18(24)7-3-16)28(22(29)31-23)15-17-4-8-19(9-5-17)30-21(25)26/h2-9,20-21H,10-15H2,1H3. The van der Waals surface area contributed by atoms with E-state index in [1.165, 1.54) is 24.3 Å². The third-order valence-electron chi connectivity index (χ3n) is 6.19. The molecule has 1 spiro atoms. The van der Waals surface area contributed by atoms with E-state index in [9.17, 15) is 18.0 Å². The minimum Gasteiger partial charge on any atom is -0.440 e. The van der Waals surface area contributed by atoms with Crippen molar-refractivity contribution in [1.29, 1.82) is 0 Å². The van der Waals surface area contributed by atoms with E-state index >= 15 is 0 Å². The molecule has 166 valence electrons. The zero-order valence-corrected chi connectivity index (χ0v) is 17.3. The summed E-state index contributed by atoms with van der Waals surface area (Å²) in [6.07, 6.45) is 1.60. The van der Waals surface area contributed by atoms with Crippen molar-refractivity contribution in [2.75, 3.05) is 20.1 Å². The van der Waals surface area contributed by atoms with Gasteiger partial charge in [0.2, 0.25) is 0 Å². The molecule has 0 radical (unpaired) electrons. The third-order valence-corrected chi connectivity index (χ3v) is 6.19. The molecule has 0 N–H and O–H groups in total. The van der Waals surface area contributed by atoms with E-state index < -0.39 is 12.2 Å². The molecule has 5 nitrogen and oxygen atoms in total. The molecule has 1 amide bonds. The van der Waals surface area contributed by atoms with Crippen LogP contribution in [0.15, 0.2) is 48.5 Å². The lowest BCUT2D eigenvalue weighted by molar-refractivity contribution is -0.0498. The van der Waals surface area contributed by atoms with Gasteiger partial charge in [0, 0.05) is 32.5 Å². The minimum absolute atomic E-state index is 0.0670. The first kappa shape index (κ1) is 21.5. The zero-order chi connectivity index (χ0) is 22.0. The Morgan fingerprint density at radius 1 is 1.06 bits per heavy atom. The molecule has 0 bridgehead atoms. The summed E-state index contributed by atoms with van der Waals surface area (Å²) < 4.78 is 48.5. The minimum atomic E-state index is -2.89. The van der Waals surface area contributed by atoms with Gasteiger partial charge in [0.15, 0.2) is 0 Å². The van der Waals surface area contributed by atoms with Gasteiger partial charge in [0.25, 0.3) is 0 Å². The van der Waals surface area contributed by atoms with Crippen molar-refractivity contribution < 1.29 is 27.4 Å². The first-order valence-corrected chi connectivity index (χ1v) is 10.3. The summed E-state index contributed by atoms with van der Waals surface area (Å²) in [4.78, 5) is 16.8. The van der Waals surface area contributed by atoms with Gasteiger partial charge >= 0.3 is 12.7 Å². The largest absolute Gasteiger partial charge is 0.440 e. The highest BCUT2D eigenvalue weighted by Crippen LogP contribution is 2.40. The van der Waals surface area contributed by atoms with E-state index in [-0.39, 0.29) is 30.2 Å². The fourth-order valence-corrected chi connectivity index (χ4v) is 4.43. The summed E-state index contributed by atoms with van der Waals surface area (Å²) in [7, 11) is 2.04. The van der Waals surface area contributed by atoms with Crippen LogP contribution in [-0.2, 0) is 17.7 Å². The molecule has 0 aromatic heterocycles. The van der Waals surface area contributed by atoms with Crippen LogP contribution in [0.4, 0.5) is 18.0 Å².